The zero-order valence-corrected chi connectivity index (χ0v) is 10.7. The maximum atomic E-state index is 9.08. The van der Waals surface area contributed by atoms with E-state index < -0.39 is 6.10 Å². The largest absolute Gasteiger partial charge is 0.251 e. The van der Waals surface area contributed by atoms with Gasteiger partial charge in [0.1, 0.15) is 6.10 Å². The lowest BCUT2D eigenvalue weighted by atomic mass is 10.0. The third-order valence-electron chi connectivity index (χ3n) is 2.63. The molecule has 1 N–H and O–H groups in total. The normalized spacial score (nSPS) is 14.2. The number of hydrogen-bond donors (Lipinski definition) is 1. The Balaban J connectivity index is 2.25. The van der Waals surface area contributed by atoms with Crippen LogP contribution < -0.4 is 0 Å². The Bertz CT molecular complexity index is 444. The summed E-state index contributed by atoms with van der Waals surface area (Å²) in [4.78, 5) is 4.52. The molecule has 0 saturated carbocycles. The number of halogens is 1. The molecule has 0 heterocycles. The predicted molar refractivity (Wildman–Crippen MR) is 71.0 cm³/mol. The summed E-state index contributed by atoms with van der Waals surface area (Å²) in [6.45, 7) is 0. The van der Waals surface area contributed by atoms with Gasteiger partial charge in [-0.2, -0.15) is 0 Å². The standard InChI is InChI=1S/C14H13BrO2/c15-13(11-7-3-1-4-8-11)14(17-16)12-9-5-2-6-10-12/h1-10,13-14,16H/t13-,14+/m0/s1. The fraction of sp³-hybridized carbons (Fsp3) is 0.143. The summed E-state index contributed by atoms with van der Waals surface area (Å²) in [5, 5.41) is 9.08. The molecule has 0 aromatic heterocycles. The highest BCUT2D eigenvalue weighted by atomic mass is 79.9. The van der Waals surface area contributed by atoms with Gasteiger partial charge in [0.05, 0.1) is 4.83 Å². The SMILES string of the molecule is OO[C@H](c1ccccc1)[C@@H](Br)c1ccccc1. The minimum absolute atomic E-state index is 0.0869. The first-order chi connectivity index (χ1) is 8.33. The quantitative estimate of drug-likeness (QED) is 0.516. The summed E-state index contributed by atoms with van der Waals surface area (Å²) >= 11 is 3.56. The highest BCUT2D eigenvalue weighted by molar-refractivity contribution is 9.09. The maximum absolute atomic E-state index is 9.08. The van der Waals surface area contributed by atoms with Crippen molar-refractivity contribution in [3.05, 3.63) is 71.8 Å². The molecule has 0 fully saturated rings. The fourth-order valence-corrected chi connectivity index (χ4v) is 2.44. The molecule has 2 rings (SSSR count). The van der Waals surface area contributed by atoms with Crippen LogP contribution in [0.3, 0.4) is 0 Å². The molecule has 2 nitrogen and oxygen atoms in total. The second-order valence-corrected chi connectivity index (χ2v) is 4.74. The van der Waals surface area contributed by atoms with Crippen LogP contribution in [0.1, 0.15) is 22.1 Å². The lowest BCUT2D eigenvalue weighted by molar-refractivity contribution is -0.281. The molecule has 0 unspecified atom stereocenters. The number of hydrogen-bond acceptors (Lipinski definition) is 2. The van der Waals surface area contributed by atoms with Gasteiger partial charge in [0.15, 0.2) is 0 Å². The van der Waals surface area contributed by atoms with Crippen LogP contribution in [0.25, 0.3) is 0 Å². The highest BCUT2D eigenvalue weighted by Gasteiger charge is 2.23. The van der Waals surface area contributed by atoms with E-state index in [2.05, 4.69) is 20.8 Å². The second-order valence-electron chi connectivity index (χ2n) is 3.75. The van der Waals surface area contributed by atoms with E-state index >= 15 is 0 Å². The summed E-state index contributed by atoms with van der Waals surface area (Å²) < 4.78 is 0. The molecule has 88 valence electrons. The molecular weight excluding hydrogens is 280 g/mol. The van der Waals surface area contributed by atoms with Gasteiger partial charge in [-0.1, -0.05) is 76.6 Å². The topological polar surface area (TPSA) is 29.5 Å². The van der Waals surface area contributed by atoms with Crippen molar-refractivity contribution >= 4 is 15.9 Å². The lowest BCUT2D eigenvalue weighted by Crippen LogP contribution is -2.08. The average Bonchev–Trinajstić information content (AvgIpc) is 2.42. The van der Waals surface area contributed by atoms with Gasteiger partial charge >= 0.3 is 0 Å². The Morgan fingerprint density at radius 2 is 1.29 bits per heavy atom. The van der Waals surface area contributed by atoms with Gasteiger partial charge in [-0.25, -0.2) is 4.89 Å². The molecule has 3 heteroatoms. The van der Waals surface area contributed by atoms with Gasteiger partial charge in [0.25, 0.3) is 0 Å². The molecule has 0 aliphatic carbocycles. The smallest absolute Gasteiger partial charge is 0.134 e. The van der Waals surface area contributed by atoms with Crippen molar-refractivity contribution in [1.29, 1.82) is 0 Å². The van der Waals surface area contributed by atoms with Crippen molar-refractivity contribution in [3.8, 4) is 0 Å². The van der Waals surface area contributed by atoms with Gasteiger partial charge in [-0.3, -0.25) is 5.26 Å². The van der Waals surface area contributed by atoms with Crippen LogP contribution in [0.5, 0.6) is 0 Å². The molecular formula is C14H13BrO2. The van der Waals surface area contributed by atoms with Crippen LogP contribution in [0.2, 0.25) is 0 Å². The van der Waals surface area contributed by atoms with Crippen LogP contribution in [0.15, 0.2) is 60.7 Å². The van der Waals surface area contributed by atoms with Crippen LogP contribution >= 0.6 is 15.9 Å². The zero-order valence-electron chi connectivity index (χ0n) is 9.16. The van der Waals surface area contributed by atoms with Gasteiger partial charge in [-0.15, -0.1) is 0 Å². The first-order valence-electron chi connectivity index (χ1n) is 5.37. The van der Waals surface area contributed by atoms with Crippen LogP contribution in [0, 0.1) is 0 Å². The second kappa shape index (κ2) is 5.96. The van der Waals surface area contributed by atoms with E-state index in [0.29, 0.717) is 0 Å². The molecule has 2 atom stereocenters. The van der Waals surface area contributed by atoms with Gasteiger partial charge < -0.3 is 0 Å². The van der Waals surface area contributed by atoms with Crippen molar-refractivity contribution < 1.29 is 10.1 Å². The molecule has 2 aromatic rings. The Kier molecular flexibility index (Phi) is 4.31. The predicted octanol–water partition coefficient (Wildman–Crippen LogP) is 4.35. The van der Waals surface area contributed by atoms with Crippen LogP contribution in [0.4, 0.5) is 0 Å². The van der Waals surface area contributed by atoms with E-state index in [0.717, 1.165) is 11.1 Å². The minimum Gasteiger partial charge on any atom is -0.251 e. The summed E-state index contributed by atoms with van der Waals surface area (Å²) in [6.07, 6.45) is -0.418. The first-order valence-corrected chi connectivity index (χ1v) is 6.28. The lowest BCUT2D eigenvalue weighted by Gasteiger charge is -2.20. The van der Waals surface area contributed by atoms with Crippen molar-refractivity contribution in [2.24, 2.45) is 0 Å². The van der Waals surface area contributed by atoms with Crippen molar-refractivity contribution in [3.63, 3.8) is 0 Å². The third kappa shape index (κ3) is 2.94. The third-order valence-corrected chi connectivity index (χ3v) is 3.63. The van der Waals surface area contributed by atoms with Crippen molar-refractivity contribution in [2.75, 3.05) is 0 Å². The molecule has 0 bridgehead atoms. The van der Waals surface area contributed by atoms with E-state index in [1.807, 2.05) is 60.7 Å². The summed E-state index contributed by atoms with van der Waals surface area (Å²) in [5.41, 5.74) is 2.00. The maximum Gasteiger partial charge on any atom is 0.134 e. The Hall–Kier alpha value is -1.16. The van der Waals surface area contributed by atoms with E-state index in [9.17, 15) is 0 Å². The highest BCUT2D eigenvalue weighted by Crippen LogP contribution is 2.37. The summed E-state index contributed by atoms with van der Waals surface area (Å²) in [6, 6.07) is 19.5. The Labute approximate surface area is 109 Å². The van der Waals surface area contributed by atoms with Crippen molar-refractivity contribution in [2.45, 2.75) is 10.9 Å². The van der Waals surface area contributed by atoms with Crippen molar-refractivity contribution in [1.82, 2.24) is 0 Å². The Morgan fingerprint density at radius 1 is 0.824 bits per heavy atom. The van der Waals surface area contributed by atoms with E-state index in [4.69, 9.17) is 5.26 Å². The minimum atomic E-state index is -0.418. The van der Waals surface area contributed by atoms with Gasteiger partial charge in [-0.05, 0) is 11.1 Å². The molecule has 0 radical (unpaired) electrons. The van der Waals surface area contributed by atoms with E-state index in [-0.39, 0.29) is 4.83 Å². The Morgan fingerprint density at radius 3 is 1.76 bits per heavy atom. The monoisotopic (exact) mass is 292 g/mol. The molecule has 0 amide bonds. The average molecular weight is 293 g/mol. The van der Waals surface area contributed by atoms with Gasteiger partial charge in [0, 0.05) is 0 Å². The number of alkyl halides is 1. The number of rotatable bonds is 4. The molecule has 0 aliphatic heterocycles. The van der Waals surface area contributed by atoms with Gasteiger partial charge in [0.2, 0.25) is 0 Å². The van der Waals surface area contributed by atoms with Crippen LogP contribution in [-0.4, -0.2) is 5.26 Å². The molecule has 0 aliphatic rings. The van der Waals surface area contributed by atoms with Crippen LogP contribution in [-0.2, 0) is 4.89 Å². The number of benzene rings is 2. The fourth-order valence-electron chi connectivity index (χ4n) is 1.74. The molecule has 17 heavy (non-hydrogen) atoms. The molecule has 2 aromatic carbocycles. The first kappa shape index (κ1) is 12.3. The van der Waals surface area contributed by atoms with E-state index in [1.165, 1.54) is 0 Å². The summed E-state index contributed by atoms with van der Waals surface area (Å²) in [7, 11) is 0. The molecule has 0 saturated heterocycles. The van der Waals surface area contributed by atoms with E-state index in [1.54, 1.807) is 0 Å². The summed E-state index contributed by atoms with van der Waals surface area (Å²) in [5.74, 6) is 0. The molecule has 0 spiro atoms. The zero-order chi connectivity index (χ0) is 12.1.